The van der Waals surface area contributed by atoms with Crippen molar-refractivity contribution in [1.29, 1.82) is 0 Å². The van der Waals surface area contributed by atoms with Gasteiger partial charge in [0, 0.05) is 48.8 Å². The zero-order valence-electron chi connectivity index (χ0n) is 21.7. The zero-order valence-corrected chi connectivity index (χ0v) is 21.7. The molecule has 1 aromatic carbocycles. The predicted octanol–water partition coefficient (Wildman–Crippen LogP) is 5.32. The van der Waals surface area contributed by atoms with Gasteiger partial charge in [-0.15, -0.1) is 0 Å². The highest BCUT2D eigenvalue weighted by molar-refractivity contribution is 5.72. The lowest BCUT2D eigenvalue weighted by Crippen LogP contribution is -2.35. The highest BCUT2D eigenvalue weighted by Crippen LogP contribution is 2.29. The molecule has 0 aliphatic carbocycles. The minimum absolute atomic E-state index is 0.0133. The summed E-state index contributed by atoms with van der Waals surface area (Å²) in [5.41, 5.74) is 6.37. The molecule has 0 spiro atoms. The number of aryl methyl sites for hydroxylation is 3. The first kappa shape index (κ1) is 26.4. The number of benzene rings is 1. The van der Waals surface area contributed by atoms with Crippen molar-refractivity contribution in [3.05, 3.63) is 87.6 Å². The Labute approximate surface area is 208 Å². The van der Waals surface area contributed by atoms with Gasteiger partial charge in [-0.1, -0.05) is 32.0 Å². The molecule has 35 heavy (non-hydrogen) atoms. The average molecular weight is 476 g/mol. The van der Waals surface area contributed by atoms with Gasteiger partial charge >= 0.3 is 5.97 Å². The minimum Gasteiger partial charge on any atom is -0.469 e. The molecule has 186 valence electrons. The van der Waals surface area contributed by atoms with Crippen LogP contribution in [0.15, 0.2) is 59.8 Å². The smallest absolute Gasteiger partial charge is 0.307 e. The summed E-state index contributed by atoms with van der Waals surface area (Å²) < 4.78 is 6.78. The number of nitrogens with zero attached hydrogens (tertiary/aromatic N) is 2. The zero-order chi connectivity index (χ0) is 25.5. The molecule has 0 radical (unpaired) electrons. The standard InChI is InChI=1S/C29H37N3O3/c1-19(2)12-25(32-11-10-20(3)13-27(32)33)18-31-26(15-28(34)35-6)23-14-24(17-30-16-23)29-21(4)8-7-9-22(29)5/h7-11,13-14,16-17,19,25-26,31H,12,15,18H2,1-6H3/t25-,26-/m1/s1. The second-order valence-electron chi connectivity index (χ2n) is 9.75. The molecule has 0 saturated carbocycles. The number of rotatable bonds is 10. The molecule has 2 aromatic heterocycles. The van der Waals surface area contributed by atoms with Crippen molar-refractivity contribution in [2.75, 3.05) is 13.7 Å². The Morgan fingerprint density at radius 1 is 1.09 bits per heavy atom. The van der Waals surface area contributed by atoms with Gasteiger partial charge in [0.05, 0.1) is 13.5 Å². The van der Waals surface area contributed by atoms with E-state index in [1.165, 1.54) is 18.2 Å². The molecule has 2 heterocycles. The van der Waals surface area contributed by atoms with Crippen LogP contribution in [0.5, 0.6) is 0 Å². The van der Waals surface area contributed by atoms with E-state index in [9.17, 15) is 9.59 Å². The van der Waals surface area contributed by atoms with Gasteiger partial charge in [-0.3, -0.25) is 14.6 Å². The molecule has 6 heteroatoms. The van der Waals surface area contributed by atoms with E-state index >= 15 is 0 Å². The van der Waals surface area contributed by atoms with E-state index in [4.69, 9.17) is 4.74 Å². The van der Waals surface area contributed by atoms with Crippen molar-refractivity contribution in [3.63, 3.8) is 0 Å². The van der Waals surface area contributed by atoms with E-state index in [2.05, 4.69) is 62.3 Å². The fourth-order valence-electron chi connectivity index (χ4n) is 4.62. The monoisotopic (exact) mass is 475 g/mol. The maximum absolute atomic E-state index is 12.7. The van der Waals surface area contributed by atoms with E-state index in [-0.39, 0.29) is 30.0 Å². The maximum Gasteiger partial charge on any atom is 0.307 e. The molecule has 3 rings (SSSR count). The third-order valence-electron chi connectivity index (χ3n) is 6.37. The molecule has 0 fully saturated rings. The number of hydrogen-bond donors (Lipinski definition) is 1. The number of aromatic nitrogens is 2. The molecule has 3 aromatic rings. The first-order valence-electron chi connectivity index (χ1n) is 12.2. The van der Waals surface area contributed by atoms with Gasteiger partial charge in [-0.2, -0.15) is 0 Å². The van der Waals surface area contributed by atoms with Crippen LogP contribution in [0.25, 0.3) is 11.1 Å². The van der Waals surface area contributed by atoms with Crippen LogP contribution >= 0.6 is 0 Å². The van der Waals surface area contributed by atoms with E-state index in [1.54, 1.807) is 16.8 Å². The van der Waals surface area contributed by atoms with Crippen LogP contribution in [0.2, 0.25) is 0 Å². The molecule has 0 bridgehead atoms. The Morgan fingerprint density at radius 3 is 2.43 bits per heavy atom. The lowest BCUT2D eigenvalue weighted by atomic mass is 9.94. The molecular weight excluding hydrogens is 438 g/mol. The summed E-state index contributed by atoms with van der Waals surface area (Å²) in [4.78, 5) is 29.5. The van der Waals surface area contributed by atoms with E-state index in [0.29, 0.717) is 12.5 Å². The lowest BCUT2D eigenvalue weighted by molar-refractivity contribution is -0.141. The number of pyridine rings is 2. The van der Waals surface area contributed by atoms with Gasteiger partial charge in [0.2, 0.25) is 0 Å². The number of esters is 1. The highest BCUT2D eigenvalue weighted by Gasteiger charge is 2.21. The number of carbonyl (C=O) groups is 1. The van der Waals surface area contributed by atoms with E-state index in [1.807, 2.05) is 25.4 Å². The van der Waals surface area contributed by atoms with Crippen molar-refractivity contribution in [1.82, 2.24) is 14.9 Å². The Balaban J connectivity index is 1.93. The van der Waals surface area contributed by atoms with Crippen LogP contribution in [0.4, 0.5) is 0 Å². The number of nitrogens with one attached hydrogen (secondary N) is 1. The predicted molar refractivity (Wildman–Crippen MR) is 140 cm³/mol. The molecule has 1 N–H and O–H groups in total. The Bertz CT molecular complexity index is 1200. The van der Waals surface area contributed by atoms with Gasteiger partial charge in [0.25, 0.3) is 5.56 Å². The van der Waals surface area contributed by atoms with Gasteiger partial charge in [0.15, 0.2) is 0 Å². The fraction of sp³-hybridized carbons (Fsp3) is 0.414. The summed E-state index contributed by atoms with van der Waals surface area (Å²) in [5.74, 6) is 0.107. The quantitative estimate of drug-likeness (QED) is 0.402. The number of carbonyl (C=O) groups excluding carboxylic acids is 1. The first-order valence-corrected chi connectivity index (χ1v) is 12.2. The first-order chi connectivity index (χ1) is 16.7. The molecule has 2 atom stereocenters. The van der Waals surface area contributed by atoms with Crippen LogP contribution in [-0.4, -0.2) is 29.2 Å². The van der Waals surface area contributed by atoms with Crippen LogP contribution in [-0.2, 0) is 9.53 Å². The molecule has 0 aliphatic rings. The summed E-state index contributed by atoms with van der Waals surface area (Å²) in [6.07, 6.45) is 6.53. The van der Waals surface area contributed by atoms with Gasteiger partial charge < -0.3 is 14.6 Å². The van der Waals surface area contributed by atoms with Crippen molar-refractivity contribution in [2.45, 2.75) is 59.5 Å². The minimum atomic E-state index is -0.298. The van der Waals surface area contributed by atoms with Crippen LogP contribution in [0.1, 0.15) is 61.0 Å². The molecule has 6 nitrogen and oxygen atoms in total. The van der Waals surface area contributed by atoms with Crippen LogP contribution < -0.4 is 10.9 Å². The van der Waals surface area contributed by atoms with Crippen molar-refractivity contribution >= 4 is 5.97 Å². The SMILES string of the molecule is COC(=O)C[C@@H](NC[C@@H](CC(C)C)n1ccc(C)cc1=O)c1cncc(-c2c(C)cccc2C)c1. The molecule has 0 amide bonds. The normalized spacial score (nSPS) is 13.0. The summed E-state index contributed by atoms with van der Waals surface area (Å²) in [5, 5.41) is 3.55. The van der Waals surface area contributed by atoms with Gasteiger partial charge in [-0.25, -0.2) is 0 Å². The number of hydrogen-bond acceptors (Lipinski definition) is 5. The number of ether oxygens (including phenoxy) is 1. The third-order valence-corrected chi connectivity index (χ3v) is 6.37. The van der Waals surface area contributed by atoms with Gasteiger partial charge in [-0.05, 0) is 73.1 Å². The fourth-order valence-corrected chi connectivity index (χ4v) is 4.62. The Morgan fingerprint density at radius 2 is 1.80 bits per heavy atom. The third kappa shape index (κ3) is 6.89. The summed E-state index contributed by atoms with van der Waals surface area (Å²) in [7, 11) is 1.40. The Kier molecular flexibility index (Phi) is 8.99. The maximum atomic E-state index is 12.7. The van der Waals surface area contributed by atoms with Crippen molar-refractivity contribution < 1.29 is 9.53 Å². The van der Waals surface area contributed by atoms with Crippen molar-refractivity contribution in [3.8, 4) is 11.1 Å². The topological polar surface area (TPSA) is 73.2 Å². The largest absolute Gasteiger partial charge is 0.469 e. The van der Waals surface area contributed by atoms with Crippen molar-refractivity contribution in [2.24, 2.45) is 5.92 Å². The lowest BCUT2D eigenvalue weighted by Gasteiger charge is -2.26. The second-order valence-corrected chi connectivity index (χ2v) is 9.75. The second kappa shape index (κ2) is 11.9. The Hall–Kier alpha value is -3.25. The summed E-state index contributed by atoms with van der Waals surface area (Å²) >= 11 is 0. The number of methoxy groups -OCH3 is 1. The summed E-state index contributed by atoms with van der Waals surface area (Å²) in [6.45, 7) is 10.9. The van der Waals surface area contributed by atoms with E-state index in [0.717, 1.165) is 28.7 Å². The molecule has 0 aliphatic heterocycles. The molecular formula is C29H37N3O3. The van der Waals surface area contributed by atoms with Crippen LogP contribution in [0, 0.1) is 26.7 Å². The van der Waals surface area contributed by atoms with E-state index < -0.39 is 0 Å². The van der Waals surface area contributed by atoms with Gasteiger partial charge in [0.1, 0.15) is 0 Å². The molecule has 0 unspecified atom stereocenters. The highest BCUT2D eigenvalue weighted by atomic mass is 16.5. The van der Waals surface area contributed by atoms with Crippen LogP contribution in [0.3, 0.4) is 0 Å². The molecule has 0 saturated heterocycles. The summed E-state index contributed by atoms with van der Waals surface area (Å²) in [6, 6.07) is 11.6. The average Bonchev–Trinajstić information content (AvgIpc) is 2.80.